The zero-order valence-electron chi connectivity index (χ0n) is 23.0. The molecule has 0 saturated carbocycles. The number of nitrogens with zero attached hydrogens (tertiary/aromatic N) is 3. The third-order valence-electron chi connectivity index (χ3n) is 7.21. The first-order valence-electron chi connectivity index (χ1n) is 13.3. The van der Waals surface area contributed by atoms with E-state index in [9.17, 15) is 4.79 Å². The molecule has 0 N–H and O–H groups in total. The number of benzene rings is 3. The Hall–Kier alpha value is -3.49. The van der Waals surface area contributed by atoms with Crippen molar-refractivity contribution in [2.24, 2.45) is 4.99 Å². The van der Waals surface area contributed by atoms with Gasteiger partial charge in [-0.25, -0.2) is 0 Å². The highest BCUT2D eigenvalue weighted by Crippen LogP contribution is 2.42. The SMILES string of the molecule is CCCC1=Nc2cc(C(=O)N3CCN(Cc4ccc(OC)c(OC)c4OC)CC3)ccc2Sc2ccccc21. The minimum atomic E-state index is 0.0557. The number of carbonyl (C=O) groups excluding carboxylic acids is 1. The van der Waals surface area contributed by atoms with Gasteiger partial charge in [0.25, 0.3) is 5.91 Å². The van der Waals surface area contributed by atoms with Gasteiger partial charge < -0.3 is 19.1 Å². The number of methoxy groups -OCH3 is 3. The van der Waals surface area contributed by atoms with Crippen molar-refractivity contribution in [1.29, 1.82) is 0 Å². The smallest absolute Gasteiger partial charge is 0.254 e. The van der Waals surface area contributed by atoms with Crippen LogP contribution in [0, 0.1) is 0 Å². The number of rotatable bonds is 8. The Kier molecular flexibility index (Phi) is 8.43. The van der Waals surface area contributed by atoms with Crippen LogP contribution < -0.4 is 14.2 Å². The van der Waals surface area contributed by atoms with Gasteiger partial charge >= 0.3 is 0 Å². The van der Waals surface area contributed by atoms with E-state index in [0.29, 0.717) is 42.4 Å². The van der Waals surface area contributed by atoms with Gasteiger partial charge in [-0.3, -0.25) is 14.7 Å². The molecule has 204 valence electrons. The molecule has 0 atom stereocenters. The summed E-state index contributed by atoms with van der Waals surface area (Å²) in [4.78, 5) is 25.1. The molecule has 0 aromatic heterocycles. The Morgan fingerprint density at radius 1 is 0.897 bits per heavy atom. The van der Waals surface area contributed by atoms with Gasteiger partial charge in [0.2, 0.25) is 5.75 Å². The molecule has 0 unspecified atom stereocenters. The van der Waals surface area contributed by atoms with E-state index in [1.165, 1.54) is 10.5 Å². The molecule has 3 aromatic carbocycles. The van der Waals surface area contributed by atoms with E-state index < -0.39 is 0 Å². The normalized spacial score (nSPS) is 15.1. The van der Waals surface area contributed by atoms with Gasteiger partial charge in [-0.05, 0) is 36.8 Å². The minimum absolute atomic E-state index is 0.0557. The summed E-state index contributed by atoms with van der Waals surface area (Å²) in [6, 6.07) is 18.3. The summed E-state index contributed by atoms with van der Waals surface area (Å²) in [5.41, 5.74) is 4.87. The van der Waals surface area contributed by atoms with Crippen molar-refractivity contribution >= 4 is 29.1 Å². The number of hydrogen-bond donors (Lipinski definition) is 0. The number of fused-ring (bicyclic) bond motifs is 2. The first kappa shape index (κ1) is 27.1. The maximum Gasteiger partial charge on any atom is 0.254 e. The lowest BCUT2D eigenvalue weighted by Crippen LogP contribution is -2.48. The molecular formula is C31H35N3O4S. The molecule has 2 aliphatic rings. The Bertz CT molecular complexity index is 1380. The van der Waals surface area contributed by atoms with E-state index in [1.54, 1.807) is 33.1 Å². The first-order chi connectivity index (χ1) is 19.1. The Morgan fingerprint density at radius 2 is 1.67 bits per heavy atom. The van der Waals surface area contributed by atoms with Crippen LogP contribution >= 0.6 is 11.8 Å². The van der Waals surface area contributed by atoms with Crippen molar-refractivity contribution in [2.75, 3.05) is 47.5 Å². The van der Waals surface area contributed by atoms with Crippen LogP contribution in [0.15, 0.2) is 69.4 Å². The molecule has 2 heterocycles. The summed E-state index contributed by atoms with van der Waals surface area (Å²) < 4.78 is 16.6. The molecule has 3 aromatic rings. The van der Waals surface area contributed by atoms with Crippen LogP contribution in [0.2, 0.25) is 0 Å². The van der Waals surface area contributed by atoms with Crippen LogP contribution in [-0.2, 0) is 6.54 Å². The third kappa shape index (κ3) is 5.63. The quantitative estimate of drug-likeness (QED) is 0.343. The average molecular weight is 546 g/mol. The molecule has 0 bridgehead atoms. The molecule has 2 aliphatic heterocycles. The van der Waals surface area contributed by atoms with Gasteiger partial charge in [-0.2, -0.15) is 0 Å². The number of amides is 1. The molecule has 0 radical (unpaired) electrons. The predicted molar refractivity (Wildman–Crippen MR) is 155 cm³/mol. The lowest BCUT2D eigenvalue weighted by atomic mass is 10.1. The number of hydrogen-bond acceptors (Lipinski definition) is 7. The summed E-state index contributed by atoms with van der Waals surface area (Å²) in [6.07, 6.45) is 1.92. The summed E-state index contributed by atoms with van der Waals surface area (Å²) in [5.74, 6) is 1.98. The largest absolute Gasteiger partial charge is 0.493 e. The van der Waals surface area contributed by atoms with E-state index in [4.69, 9.17) is 19.2 Å². The maximum absolute atomic E-state index is 13.5. The van der Waals surface area contributed by atoms with Gasteiger partial charge in [0.15, 0.2) is 11.5 Å². The fourth-order valence-electron chi connectivity index (χ4n) is 5.19. The molecule has 1 saturated heterocycles. The molecule has 7 nitrogen and oxygen atoms in total. The van der Waals surface area contributed by atoms with E-state index >= 15 is 0 Å². The first-order valence-corrected chi connectivity index (χ1v) is 14.2. The van der Waals surface area contributed by atoms with Gasteiger partial charge in [-0.1, -0.05) is 49.4 Å². The number of carbonyl (C=O) groups is 1. The Labute approximate surface area is 234 Å². The molecule has 8 heteroatoms. The average Bonchev–Trinajstić information content (AvgIpc) is 3.13. The molecule has 1 fully saturated rings. The van der Waals surface area contributed by atoms with Gasteiger partial charge in [0.05, 0.1) is 27.0 Å². The van der Waals surface area contributed by atoms with E-state index in [-0.39, 0.29) is 5.91 Å². The van der Waals surface area contributed by atoms with Crippen molar-refractivity contribution in [3.63, 3.8) is 0 Å². The second-order valence-corrected chi connectivity index (χ2v) is 10.7. The van der Waals surface area contributed by atoms with Crippen LogP contribution in [0.4, 0.5) is 5.69 Å². The Morgan fingerprint density at radius 3 is 2.38 bits per heavy atom. The Balaban J connectivity index is 1.29. The standard InChI is InChI=1S/C31H35N3O4S/c1-5-8-24-23-9-6-7-10-27(23)39-28-14-12-21(19-25(28)32-24)31(35)34-17-15-33(16-18-34)20-22-11-13-26(36-2)30(38-4)29(22)37-3/h6-7,9-14,19H,5,8,15-18,20H2,1-4H3. The summed E-state index contributed by atoms with van der Waals surface area (Å²) in [6.45, 7) is 5.75. The lowest BCUT2D eigenvalue weighted by Gasteiger charge is -2.35. The molecule has 5 rings (SSSR count). The van der Waals surface area contributed by atoms with Crippen molar-refractivity contribution in [2.45, 2.75) is 36.1 Å². The fourth-order valence-corrected chi connectivity index (χ4v) is 6.21. The highest BCUT2D eigenvalue weighted by Gasteiger charge is 2.25. The zero-order chi connectivity index (χ0) is 27.4. The zero-order valence-corrected chi connectivity index (χ0v) is 23.8. The van der Waals surface area contributed by atoms with Crippen molar-refractivity contribution in [3.05, 3.63) is 71.3 Å². The lowest BCUT2D eigenvalue weighted by molar-refractivity contribution is 0.0627. The summed E-state index contributed by atoms with van der Waals surface area (Å²) in [7, 11) is 4.88. The topological polar surface area (TPSA) is 63.6 Å². The van der Waals surface area contributed by atoms with Crippen molar-refractivity contribution in [3.8, 4) is 17.2 Å². The van der Waals surface area contributed by atoms with Crippen LogP contribution in [-0.4, -0.2) is 68.9 Å². The summed E-state index contributed by atoms with van der Waals surface area (Å²) in [5, 5.41) is 0. The van der Waals surface area contributed by atoms with E-state index in [1.807, 2.05) is 35.2 Å². The van der Waals surface area contributed by atoms with Gasteiger partial charge in [0.1, 0.15) is 0 Å². The van der Waals surface area contributed by atoms with E-state index in [0.717, 1.165) is 47.8 Å². The fraction of sp³-hybridized carbons (Fsp3) is 0.355. The van der Waals surface area contributed by atoms with Gasteiger partial charge in [-0.15, -0.1) is 0 Å². The van der Waals surface area contributed by atoms with Crippen LogP contribution in [0.1, 0.15) is 41.3 Å². The van der Waals surface area contributed by atoms with Gasteiger partial charge in [0, 0.05) is 64.9 Å². The van der Waals surface area contributed by atoms with E-state index in [2.05, 4.69) is 36.1 Å². The number of ether oxygens (including phenoxy) is 3. The molecular weight excluding hydrogens is 510 g/mol. The highest BCUT2D eigenvalue weighted by molar-refractivity contribution is 7.99. The minimum Gasteiger partial charge on any atom is -0.493 e. The van der Waals surface area contributed by atoms with Crippen LogP contribution in [0.25, 0.3) is 0 Å². The highest BCUT2D eigenvalue weighted by atomic mass is 32.2. The molecule has 0 spiro atoms. The number of piperazine rings is 1. The maximum atomic E-state index is 13.5. The van der Waals surface area contributed by atoms with Crippen molar-refractivity contribution in [1.82, 2.24) is 9.80 Å². The van der Waals surface area contributed by atoms with Crippen LogP contribution in [0.5, 0.6) is 17.2 Å². The number of aliphatic imine (C=N–C) groups is 1. The predicted octanol–water partition coefficient (Wildman–Crippen LogP) is 6.06. The third-order valence-corrected chi connectivity index (χ3v) is 8.35. The molecule has 1 amide bonds. The molecule has 0 aliphatic carbocycles. The second kappa shape index (κ2) is 12.1. The van der Waals surface area contributed by atoms with Crippen molar-refractivity contribution < 1.29 is 19.0 Å². The second-order valence-electron chi connectivity index (χ2n) is 9.65. The van der Waals surface area contributed by atoms with Crippen LogP contribution in [0.3, 0.4) is 0 Å². The summed E-state index contributed by atoms with van der Waals surface area (Å²) >= 11 is 1.72. The molecule has 39 heavy (non-hydrogen) atoms. The monoisotopic (exact) mass is 545 g/mol.